The second kappa shape index (κ2) is 9.50. The Bertz CT molecular complexity index is 392. The van der Waals surface area contributed by atoms with Gasteiger partial charge in [0.2, 0.25) is 0 Å². The van der Waals surface area contributed by atoms with Crippen molar-refractivity contribution in [1.29, 1.82) is 0 Å². The molecule has 0 aromatic heterocycles. The quantitative estimate of drug-likeness (QED) is 0.816. The Hall–Kier alpha value is -0.420. The first kappa shape index (κ1) is 17.6. The van der Waals surface area contributed by atoms with Gasteiger partial charge in [-0.3, -0.25) is 4.90 Å². The second-order valence-corrected chi connectivity index (χ2v) is 6.09. The van der Waals surface area contributed by atoms with Gasteiger partial charge in [-0.05, 0) is 11.8 Å². The fourth-order valence-electron chi connectivity index (χ4n) is 2.59. The molecule has 1 saturated heterocycles. The number of hydrogen-bond donors (Lipinski definition) is 1. The minimum absolute atomic E-state index is 0. The summed E-state index contributed by atoms with van der Waals surface area (Å²) in [6, 6.07) is 8.82. The summed E-state index contributed by atoms with van der Waals surface area (Å²) in [6.45, 7) is 6.59. The van der Waals surface area contributed by atoms with E-state index in [1.165, 1.54) is 17.1 Å². The van der Waals surface area contributed by atoms with Crippen molar-refractivity contribution in [3.05, 3.63) is 29.8 Å². The number of nitrogens with zero attached hydrogens (tertiary/aromatic N) is 1. The molecule has 3 nitrogen and oxygen atoms in total. The summed E-state index contributed by atoms with van der Waals surface area (Å²) >= 11 is 2.02. The van der Waals surface area contributed by atoms with Gasteiger partial charge in [0.1, 0.15) is 5.75 Å². The molecule has 1 aromatic rings. The van der Waals surface area contributed by atoms with Crippen LogP contribution in [0.1, 0.15) is 18.5 Å². The van der Waals surface area contributed by atoms with E-state index in [0.717, 1.165) is 31.9 Å². The van der Waals surface area contributed by atoms with Gasteiger partial charge in [0.15, 0.2) is 0 Å². The van der Waals surface area contributed by atoms with Crippen LogP contribution in [-0.4, -0.2) is 49.7 Å². The number of benzene rings is 1. The normalized spacial score (nSPS) is 19.4. The molecule has 1 aromatic carbocycles. The lowest BCUT2D eigenvalue weighted by Gasteiger charge is -2.37. The van der Waals surface area contributed by atoms with Crippen molar-refractivity contribution in [3.8, 4) is 5.75 Å². The topological polar surface area (TPSA) is 24.5 Å². The van der Waals surface area contributed by atoms with Crippen LogP contribution in [0.2, 0.25) is 0 Å². The lowest BCUT2D eigenvalue weighted by atomic mass is 10.0. The molecule has 114 valence electrons. The third kappa shape index (κ3) is 4.55. The number of nitrogens with one attached hydrogen (secondary N) is 1. The maximum absolute atomic E-state index is 5.51. The Morgan fingerprint density at radius 2 is 2.20 bits per heavy atom. The van der Waals surface area contributed by atoms with Gasteiger partial charge in [0.25, 0.3) is 0 Å². The minimum Gasteiger partial charge on any atom is -0.496 e. The van der Waals surface area contributed by atoms with Crippen molar-refractivity contribution in [2.75, 3.05) is 44.8 Å². The van der Waals surface area contributed by atoms with Crippen LogP contribution in [0.15, 0.2) is 24.3 Å². The highest BCUT2D eigenvalue weighted by Gasteiger charge is 2.25. The number of para-hydroxylation sites is 1. The van der Waals surface area contributed by atoms with E-state index in [2.05, 4.69) is 35.3 Å². The van der Waals surface area contributed by atoms with Crippen LogP contribution >= 0.6 is 24.2 Å². The molecule has 1 N–H and O–H groups in total. The molecule has 0 radical (unpaired) electrons. The Kier molecular flexibility index (Phi) is 8.38. The predicted molar refractivity (Wildman–Crippen MR) is 90.4 cm³/mol. The Morgan fingerprint density at radius 3 is 2.95 bits per heavy atom. The van der Waals surface area contributed by atoms with E-state index in [-0.39, 0.29) is 12.4 Å². The van der Waals surface area contributed by atoms with Crippen LogP contribution in [0.5, 0.6) is 5.75 Å². The molecular formula is C15H25ClN2OS. The van der Waals surface area contributed by atoms with E-state index < -0.39 is 0 Å². The Labute approximate surface area is 132 Å². The lowest BCUT2D eigenvalue weighted by Crippen LogP contribution is -2.46. The highest BCUT2D eigenvalue weighted by molar-refractivity contribution is 7.99. The largest absolute Gasteiger partial charge is 0.496 e. The second-order valence-electron chi connectivity index (χ2n) is 4.69. The standard InChI is InChI=1S/C15H24N2OS.ClH/c1-3-19-11-10-17-9-8-16-12-14(17)13-6-4-5-7-15(13)18-2;/h4-7,14,16H,3,8-12H2,1-2H3;1H. The summed E-state index contributed by atoms with van der Waals surface area (Å²) in [5, 5.41) is 3.50. The molecule has 0 amide bonds. The third-order valence-corrected chi connectivity index (χ3v) is 4.46. The van der Waals surface area contributed by atoms with Gasteiger partial charge < -0.3 is 10.1 Å². The maximum Gasteiger partial charge on any atom is 0.123 e. The molecule has 1 heterocycles. The van der Waals surface area contributed by atoms with Gasteiger partial charge in [0, 0.05) is 37.5 Å². The Morgan fingerprint density at radius 1 is 1.40 bits per heavy atom. The third-order valence-electron chi connectivity index (χ3n) is 3.58. The summed E-state index contributed by atoms with van der Waals surface area (Å²) in [5.41, 5.74) is 1.30. The zero-order valence-corrected chi connectivity index (χ0v) is 13.9. The van der Waals surface area contributed by atoms with Crippen LogP contribution in [0.25, 0.3) is 0 Å². The summed E-state index contributed by atoms with van der Waals surface area (Å²) < 4.78 is 5.51. The SMILES string of the molecule is CCSCCN1CCNCC1c1ccccc1OC.Cl. The number of rotatable bonds is 6. The summed E-state index contributed by atoms with van der Waals surface area (Å²) in [7, 11) is 1.76. The van der Waals surface area contributed by atoms with Gasteiger partial charge in [-0.1, -0.05) is 25.1 Å². The van der Waals surface area contributed by atoms with Gasteiger partial charge in [0.05, 0.1) is 13.2 Å². The first-order valence-electron chi connectivity index (χ1n) is 7.02. The number of thioether (sulfide) groups is 1. The van der Waals surface area contributed by atoms with Crippen molar-refractivity contribution < 1.29 is 4.74 Å². The van der Waals surface area contributed by atoms with Crippen LogP contribution in [0.3, 0.4) is 0 Å². The van der Waals surface area contributed by atoms with Crippen molar-refractivity contribution in [2.45, 2.75) is 13.0 Å². The van der Waals surface area contributed by atoms with E-state index in [0.29, 0.717) is 6.04 Å². The van der Waals surface area contributed by atoms with Gasteiger partial charge >= 0.3 is 0 Å². The molecule has 5 heteroatoms. The van der Waals surface area contributed by atoms with Gasteiger partial charge in [-0.25, -0.2) is 0 Å². The Balaban J connectivity index is 0.00000200. The van der Waals surface area contributed by atoms with Crippen molar-refractivity contribution in [1.82, 2.24) is 10.2 Å². The summed E-state index contributed by atoms with van der Waals surface area (Å²) in [4.78, 5) is 2.58. The summed E-state index contributed by atoms with van der Waals surface area (Å²) in [6.07, 6.45) is 0. The molecule has 1 aliphatic rings. The van der Waals surface area contributed by atoms with E-state index in [1.54, 1.807) is 7.11 Å². The van der Waals surface area contributed by atoms with Crippen molar-refractivity contribution in [2.24, 2.45) is 0 Å². The highest BCUT2D eigenvalue weighted by Crippen LogP contribution is 2.30. The molecule has 0 spiro atoms. The number of halogens is 1. The average Bonchev–Trinajstić information content (AvgIpc) is 2.48. The average molecular weight is 317 g/mol. The van der Waals surface area contributed by atoms with Crippen LogP contribution in [0.4, 0.5) is 0 Å². The van der Waals surface area contributed by atoms with Crippen LogP contribution in [0, 0.1) is 0 Å². The van der Waals surface area contributed by atoms with Crippen molar-refractivity contribution in [3.63, 3.8) is 0 Å². The zero-order chi connectivity index (χ0) is 13.5. The molecule has 20 heavy (non-hydrogen) atoms. The predicted octanol–water partition coefficient (Wildman–Crippen LogP) is 2.82. The monoisotopic (exact) mass is 316 g/mol. The smallest absolute Gasteiger partial charge is 0.123 e. The highest BCUT2D eigenvalue weighted by atomic mass is 35.5. The molecule has 1 fully saturated rings. The molecule has 0 aliphatic carbocycles. The van der Waals surface area contributed by atoms with Crippen LogP contribution in [-0.2, 0) is 0 Å². The number of piperazine rings is 1. The van der Waals surface area contributed by atoms with E-state index in [9.17, 15) is 0 Å². The molecule has 1 unspecified atom stereocenters. The van der Waals surface area contributed by atoms with Gasteiger partial charge in [-0.2, -0.15) is 11.8 Å². The van der Waals surface area contributed by atoms with Crippen LogP contribution < -0.4 is 10.1 Å². The number of ether oxygens (including phenoxy) is 1. The molecule has 2 rings (SSSR count). The molecule has 1 atom stereocenters. The molecule has 0 bridgehead atoms. The fraction of sp³-hybridized carbons (Fsp3) is 0.600. The zero-order valence-electron chi connectivity index (χ0n) is 12.3. The van der Waals surface area contributed by atoms with Gasteiger partial charge in [-0.15, -0.1) is 12.4 Å². The first-order chi connectivity index (χ1) is 9.36. The maximum atomic E-state index is 5.51. The summed E-state index contributed by atoms with van der Waals surface area (Å²) in [5.74, 6) is 3.41. The fourth-order valence-corrected chi connectivity index (χ4v) is 3.24. The molecule has 1 aliphatic heterocycles. The molecule has 0 saturated carbocycles. The molecular weight excluding hydrogens is 292 g/mol. The number of methoxy groups -OCH3 is 1. The lowest BCUT2D eigenvalue weighted by molar-refractivity contribution is 0.169. The van der Waals surface area contributed by atoms with E-state index >= 15 is 0 Å². The van der Waals surface area contributed by atoms with E-state index in [4.69, 9.17) is 4.74 Å². The minimum atomic E-state index is 0. The van der Waals surface area contributed by atoms with E-state index in [1.807, 2.05) is 17.8 Å². The first-order valence-corrected chi connectivity index (χ1v) is 8.17. The van der Waals surface area contributed by atoms with Crippen molar-refractivity contribution >= 4 is 24.2 Å². The number of hydrogen-bond acceptors (Lipinski definition) is 4.